The maximum absolute atomic E-state index is 4.17. The van der Waals surface area contributed by atoms with Gasteiger partial charge in [-0.2, -0.15) is 0 Å². The van der Waals surface area contributed by atoms with Crippen LogP contribution in [0.4, 0.5) is 0 Å². The Balaban J connectivity index is 2.20. The number of aromatic nitrogens is 1. The van der Waals surface area contributed by atoms with Crippen molar-refractivity contribution in [3.8, 4) is 5.69 Å². The second-order valence-corrected chi connectivity index (χ2v) is 5.84. The Morgan fingerprint density at radius 2 is 1.70 bits per heavy atom. The first-order chi connectivity index (χ1) is 9.61. The number of benzene rings is 1. The van der Waals surface area contributed by atoms with Gasteiger partial charge in [-0.15, -0.1) is 0 Å². The summed E-state index contributed by atoms with van der Waals surface area (Å²) < 4.78 is 2.14. The van der Waals surface area contributed by atoms with Gasteiger partial charge < -0.3 is 4.57 Å². The van der Waals surface area contributed by atoms with Crippen LogP contribution in [0, 0.1) is 5.92 Å². The summed E-state index contributed by atoms with van der Waals surface area (Å²) >= 11 is 0. The lowest BCUT2D eigenvalue weighted by molar-refractivity contribution is 0.490. The van der Waals surface area contributed by atoms with Gasteiger partial charge in [0.2, 0.25) is 0 Å². The van der Waals surface area contributed by atoms with Crippen LogP contribution < -0.4 is 0 Å². The lowest BCUT2D eigenvalue weighted by Crippen LogP contribution is -2.08. The monoisotopic (exact) mass is 267 g/mol. The molecule has 0 spiro atoms. The van der Waals surface area contributed by atoms with E-state index in [0.717, 1.165) is 12.8 Å². The van der Waals surface area contributed by atoms with Crippen LogP contribution in [0.3, 0.4) is 0 Å². The maximum atomic E-state index is 4.17. The van der Waals surface area contributed by atoms with Gasteiger partial charge in [0.05, 0.1) is 0 Å². The second-order valence-electron chi connectivity index (χ2n) is 5.84. The van der Waals surface area contributed by atoms with Crippen LogP contribution in [-0.4, -0.2) is 4.57 Å². The van der Waals surface area contributed by atoms with Gasteiger partial charge in [0, 0.05) is 18.1 Å². The zero-order chi connectivity index (χ0) is 14.5. The average Bonchev–Trinajstić information content (AvgIpc) is 2.98. The fraction of sp³-hybridized carbons (Fsp3) is 0.368. The van der Waals surface area contributed by atoms with Crippen LogP contribution >= 0.6 is 0 Å². The molecule has 1 atom stereocenters. The highest BCUT2D eigenvalue weighted by Crippen LogP contribution is 2.31. The van der Waals surface area contributed by atoms with E-state index in [9.17, 15) is 0 Å². The minimum Gasteiger partial charge on any atom is -0.324 e. The van der Waals surface area contributed by atoms with E-state index in [0.29, 0.717) is 11.8 Å². The fourth-order valence-corrected chi connectivity index (χ4v) is 2.59. The van der Waals surface area contributed by atoms with Gasteiger partial charge >= 0.3 is 0 Å². The van der Waals surface area contributed by atoms with Gasteiger partial charge in [-0.05, 0) is 54.5 Å². The minimum atomic E-state index is 0.571. The lowest BCUT2D eigenvalue weighted by Gasteiger charge is -2.22. The third-order valence-corrected chi connectivity index (χ3v) is 4.04. The smallest absolute Gasteiger partial charge is 0.0449 e. The summed E-state index contributed by atoms with van der Waals surface area (Å²) in [5, 5.41) is 0. The van der Waals surface area contributed by atoms with Crippen LogP contribution in [0.2, 0.25) is 0 Å². The van der Waals surface area contributed by atoms with E-state index in [1.54, 1.807) is 0 Å². The summed E-state index contributed by atoms with van der Waals surface area (Å²) in [7, 11) is 0. The van der Waals surface area contributed by atoms with E-state index < -0.39 is 0 Å². The molecular formula is C19H25N. The molecule has 1 aromatic carbocycles. The summed E-state index contributed by atoms with van der Waals surface area (Å²) in [5.41, 5.74) is 3.99. The standard InChI is InChI=1S/C19H25N/c1-5-16(4)14-19(15(2)3)17-8-10-18(11-9-17)20-12-6-7-13-20/h6-13,15,19H,4-5,14H2,1-3H3. The van der Waals surface area contributed by atoms with Gasteiger partial charge in [-0.3, -0.25) is 0 Å². The molecule has 106 valence electrons. The molecule has 1 heteroatoms. The third-order valence-electron chi connectivity index (χ3n) is 4.04. The normalized spacial score (nSPS) is 12.6. The van der Waals surface area contributed by atoms with E-state index in [1.165, 1.54) is 16.8 Å². The molecule has 0 saturated heterocycles. The number of hydrogen-bond donors (Lipinski definition) is 0. The zero-order valence-corrected chi connectivity index (χ0v) is 12.8. The lowest BCUT2D eigenvalue weighted by atomic mass is 9.83. The highest BCUT2D eigenvalue weighted by atomic mass is 14.9. The van der Waals surface area contributed by atoms with E-state index in [1.807, 2.05) is 0 Å². The molecule has 2 rings (SSSR count). The molecule has 1 heterocycles. The quantitative estimate of drug-likeness (QED) is 0.603. The first-order valence-electron chi connectivity index (χ1n) is 7.51. The highest BCUT2D eigenvalue weighted by molar-refractivity contribution is 5.37. The Morgan fingerprint density at radius 1 is 1.10 bits per heavy atom. The predicted octanol–water partition coefficient (Wildman–Crippen LogP) is 5.57. The molecule has 1 nitrogen and oxygen atoms in total. The summed E-state index contributed by atoms with van der Waals surface area (Å²) in [4.78, 5) is 0. The molecule has 0 saturated carbocycles. The van der Waals surface area contributed by atoms with Crippen LogP contribution in [0.5, 0.6) is 0 Å². The topological polar surface area (TPSA) is 4.93 Å². The van der Waals surface area contributed by atoms with E-state index in [4.69, 9.17) is 0 Å². The largest absolute Gasteiger partial charge is 0.324 e. The van der Waals surface area contributed by atoms with E-state index >= 15 is 0 Å². The Hall–Kier alpha value is -1.76. The second kappa shape index (κ2) is 6.60. The SMILES string of the molecule is C=C(CC)CC(c1ccc(-n2cccc2)cc1)C(C)C. The summed E-state index contributed by atoms with van der Waals surface area (Å²) in [6, 6.07) is 13.1. The number of hydrogen-bond acceptors (Lipinski definition) is 0. The van der Waals surface area contributed by atoms with Gasteiger partial charge in [0.25, 0.3) is 0 Å². The van der Waals surface area contributed by atoms with Gasteiger partial charge in [-0.1, -0.05) is 45.1 Å². The average molecular weight is 267 g/mol. The first-order valence-corrected chi connectivity index (χ1v) is 7.51. The zero-order valence-electron chi connectivity index (χ0n) is 12.8. The third kappa shape index (κ3) is 3.41. The Morgan fingerprint density at radius 3 is 2.20 bits per heavy atom. The molecule has 0 aliphatic carbocycles. The molecule has 0 fully saturated rings. The minimum absolute atomic E-state index is 0.571. The molecular weight excluding hydrogens is 242 g/mol. The van der Waals surface area contributed by atoms with Crippen molar-refractivity contribution in [1.29, 1.82) is 0 Å². The Kier molecular flexibility index (Phi) is 4.84. The molecule has 1 unspecified atom stereocenters. The number of nitrogens with zero attached hydrogens (tertiary/aromatic N) is 1. The molecule has 0 amide bonds. The van der Waals surface area contributed by atoms with Crippen LogP contribution in [0.15, 0.2) is 60.9 Å². The van der Waals surface area contributed by atoms with Crippen molar-refractivity contribution >= 4 is 0 Å². The Bertz CT molecular complexity index is 532. The summed E-state index contributed by atoms with van der Waals surface area (Å²) in [6.07, 6.45) is 6.32. The van der Waals surface area contributed by atoms with E-state index in [2.05, 4.69) is 80.7 Å². The summed E-state index contributed by atoms with van der Waals surface area (Å²) in [6.45, 7) is 11.0. The van der Waals surface area contributed by atoms with Crippen LogP contribution in [0.1, 0.15) is 45.1 Å². The first kappa shape index (κ1) is 14.6. The number of allylic oxidation sites excluding steroid dienone is 1. The molecule has 0 radical (unpaired) electrons. The molecule has 0 N–H and O–H groups in total. The Labute approximate surface area is 123 Å². The van der Waals surface area contributed by atoms with Crippen LogP contribution in [0.25, 0.3) is 5.69 Å². The summed E-state index contributed by atoms with van der Waals surface area (Å²) in [5.74, 6) is 1.21. The van der Waals surface area contributed by atoms with Gasteiger partial charge in [0.15, 0.2) is 0 Å². The fourth-order valence-electron chi connectivity index (χ4n) is 2.59. The highest BCUT2D eigenvalue weighted by Gasteiger charge is 2.16. The number of rotatable bonds is 6. The van der Waals surface area contributed by atoms with Crippen molar-refractivity contribution in [1.82, 2.24) is 4.57 Å². The van der Waals surface area contributed by atoms with E-state index in [-0.39, 0.29) is 0 Å². The van der Waals surface area contributed by atoms with Crippen molar-refractivity contribution in [3.05, 3.63) is 66.5 Å². The molecule has 0 aliphatic heterocycles. The predicted molar refractivity (Wildman–Crippen MR) is 87.4 cm³/mol. The molecule has 0 aliphatic rings. The van der Waals surface area contributed by atoms with Crippen molar-refractivity contribution in [2.45, 2.75) is 39.5 Å². The van der Waals surface area contributed by atoms with Crippen LogP contribution in [-0.2, 0) is 0 Å². The van der Waals surface area contributed by atoms with Crippen molar-refractivity contribution in [3.63, 3.8) is 0 Å². The van der Waals surface area contributed by atoms with Gasteiger partial charge in [-0.25, -0.2) is 0 Å². The maximum Gasteiger partial charge on any atom is 0.0449 e. The van der Waals surface area contributed by atoms with Gasteiger partial charge in [0.1, 0.15) is 0 Å². The van der Waals surface area contributed by atoms with Crippen molar-refractivity contribution in [2.75, 3.05) is 0 Å². The van der Waals surface area contributed by atoms with Crippen molar-refractivity contribution < 1.29 is 0 Å². The molecule has 1 aromatic heterocycles. The molecule has 20 heavy (non-hydrogen) atoms. The van der Waals surface area contributed by atoms with Crippen molar-refractivity contribution in [2.24, 2.45) is 5.92 Å². The molecule has 2 aromatic rings. The molecule has 0 bridgehead atoms.